The predicted octanol–water partition coefficient (Wildman–Crippen LogP) is 4.50. The van der Waals surface area contributed by atoms with Crippen LogP contribution in [0.25, 0.3) is 0 Å². The summed E-state index contributed by atoms with van der Waals surface area (Å²) in [5, 5.41) is 3.74. The number of nitrogens with one attached hydrogen (secondary N) is 1. The lowest BCUT2D eigenvalue weighted by atomic mass is 9.75. The van der Waals surface area contributed by atoms with Crippen LogP contribution in [0.1, 0.15) is 63.9 Å². The Morgan fingerprint density at radius 2 is 1.95 bits per heavy atom. The third-order valence-electron chi connectivity index (χ3n) is 4.81. The van der Waals surface area contributed by atoms with E-state index in [2.05, 4.69) is 43.4 Å². The van der Waals surface area contributed by atoms with Gasteiger partial charge in [-0.05, 0) is 75.6 Å². The maximum atomic E-state index is 5.87. The molecule has 0 heterocycles. The summed E-state index contributed by atoms with van der Waals surface area (Å²) in [6.07, 6.45) is 8.50. The third-order valence-corrected chi connectivity index (χ3v) is 4.81. The summed E-state index contributed by atoms with van der Waals surface area (Å²) in [5.74, 6) is 2.54. The molecule has 2 saturated carbocycles. The zero-order valence-corrected chi connectivity index (χ0v) is 13.5. The summed E-state index contributed by atoms with van der Waals surface area (Å²) in [5.41, 5.74) is 1.48. The first kappa shape index (κ1) is 14.9. The van der Waals surface area contributed by atoms with Crippen LogP contribution in [-0.2, 0) is 0 Å². The molecule has 1 aromatic rings. The Morgan fingerprint density at radius 1 is 1.14 bits per heavy atom. The molecule has 2 heteroatoms. The molecule has 1 N–H and O–H groups in total. The van der Waals surface area contributed by atoms with E-state index in [4.69, 9.17) is 4.74 Å². The van der Waals surface area contributed by atoms with Gasteiger partial charge >= 0.3 is 0 Å². The summed E-state index contributed by atoms with van der Waals surface area (Å²) >= 11 is 0. The van der Waals surface area contributed by atoms with Crippen molar-refractivity contribution in [2.75, 3.05) is 6.54 Å². The van der Waals surface area contributed by atoms with Gasteiger partial charge in [-0.3, -0.25) is 0 Å². The molecule has 116 valence electrons. The van der Waals surface area contributed by atoms with E-state index in [9.17, 15) is 0 Å². The number of hydrogen-bond donors (Lipinski definition) is 1. The van der Waals surface area contributed by atoms with Gasteiger partial charge in [0.05, 0.1) is 6.10 Å². The van der Waals surface area contributed by atoms with E-state index in [0.717, 1.165) is 17.7 Å². The fourth-order valence-electron chi connectivity index (χ4n) is 3.59. The highest BCUT2D eigenvalue weighted by Gasteiger charge is 2.29. The maximum absolute atomic E-state index is 5.87. The molecule has 0 spiro atoms. The van der Waals surface area contributed by atoms with Gasteiger partial charge in [-0.2, -0.15) is 0 Å². The number of rotatable bonds is 6. The van der Waals surface area contributed by atoms with Crippen molar-refractivity contribution in [3.05, 3.63) is 29.8 Å². The first-order chi connectivity index (χ1) is 10.2. The van der Waals surface area contributed by atoms with Gasteiger partial charge in [0, 0.05) is 6.04 Å². The minimum Gasteiger partial charge on any atom is -0.491 e. The van der Waals surface area contributed by atoms with Gasteiger partial charge in [0.2, 0.25) is 0 Å². The molecule has 2 unspecified atom stereocenters. The molecule has 0 saturated heterocycles. The fourth-order valence-corrected chi connectivity index (χ4v) is 3.59. The molecule has 0 amide bonds. The molecule has 0 bridgehead atoms. The smallest absolute Gasteiger partial charge is 0.119 e. The summed E-state index contributed by atoms with van der Waals surface area (Å²) < 4.78 is 5.87. The maximum Gasteiger partial charge on any atom is 0.119 e. The second kappa shape index (κ2) is 6.83. The second-order valence-corrected chi connectivity index (χ2v) is 7.07. The van der Waals surface area contributed by atoms with Gasteiger partial charge in [0.1, 0.15) is 5.75 Å². The molecule has 3 rings (SSSR count). The van der Waals surface area contributed by atoms with Crippen molar-refractivity contribution in [1.29, 1.82) is 0 Å². The van der Waals surface area contributed by atoms with Crippen molar-refractivity contribution >= 4 is 0 Å². The molecule has 0 aromatic heterocycles. The quantitative estimate of drug-likeness (QED) is 0.831. The predicted molar refractivity (Wildman–Crippen MR) is 87.9 cm³/mol. The minimum atomic E-state index is 0.249. The Morgan fingerprint density at radius 3 is 2.71 bits per heavy atom. The normalized spacial score (nSPS) is 26.0. The fraction of sp³-hybridized carbons (Fsp3) is 0.684. The van der Waals surface area contributed by atoms with Gasteiger partial charge in [-0.15, -0.1) is 0 Å². The van der Waals surface area contributed by atoms with E-state index in [1.807, 2.05) is 0 Å². The van der Waals surface area contributed by atoms with Crippen molar-refractivity contribution in [2.45, 2.75) is 70.4 Å². The Hall–Kier alpha value is -1.02. The Bertz CT molecular complexity index is 453. The summed E-state index contributed by atoms with van der Waals surface area (Å²) in [6, 6.07) is 9.65. The molecular weight excluding hydrogens is 258 g/mol. The van der Waals surface area contributed by atoms with Crippen LogP contribution in [0.3, 0.4) is 0 Å². The molecule has 1 aromatic carbocycles. The molecular formula is C19H29NO. The lowest BCUT2D eigenvalue weighted by molar-refractivity contribution is 0.241. The standard InChI is InChI=1S/C19H29NO/c1-14(2)21-18-8-5-7-15(12-18)19-9-4-3-6-16(19)13-20-17-10-11-17/h5,7-8,12,14,16-17,19-20H,3-4,6,9-11,13H2,1-2H3. The first-order valence-corrected chi connectivity index (χ1v) is 8.72. The molecule has 2 aliphatic carbocycles. The lowest BCUT2D eigenvalue weighted by Crippen LogP contribution is -2.30. The van der Waals surface area contributed by atoms with E-state index in [0.29, 0.717) is 5.92 Å². The topological polar surface area (TPSA) is 21.3 Å². The van der Waals surface area contributed by atoms with Crippen LogP contribution in [0, 0.1) is 5.92 Å². The van der Waals surface area contributed by atoms with Gasteiger partial charge in [-0.25, -0.2) is 0 Å². The van der Waals surface area contributed by atoms with E-state index >= 15 is 0 Å². The molecule has 21 heavy (non-hydrogen) atoms. The monoisotopic (exact) mass is 287 g/mol. The van der Waals surface area contributed by atoms with Gasteiger partial charge in [0.15, 0.2) is 0 Å². The van der Waals surface area contributed by atoms with Crippen molar-refractivity contribution < 1.29 is 4.74 Å². The average Bonchev–Trinajstić information content (AvgIpc) is 3.29. The van der Waals surface area contributed by atoms with Crippen LogP contribution in [0.4, 0.5) is 0 Å². The van der Waals surface area contributed by atoms with Crippen molar-refractivity contribution in [3.8, 4) is 5.75 Å². The molecule has 2 atom stereocenters. The zero-order valence-electron chi connectivity index (χ0n) is 13.5. The van der Waals surface area contributed by atoms with Crippen molar-refractivity contribution in [1.82, 2.24) is 5.32 Å². The number of benzene rings is 1. The van der Waals surface area contributed by atoms with E-state index in [1.54, 1.807) is 0 Å². The SMILES string of the molecule is CC(C)Oc1cccc(C2CCCCC2CNC2CC2)c1. The zero-order chi connectivity index (χ0) is 14.7. The third kappa shape index (κ3) is 4.23. The van der Waals surface area contributed by atoms with E-state index < -0.39 is 0 Å². The average molecular weight is 287 g/mol. The van der Waals surface area contributed by atoms with Crippen LogP contribution in [0.2, 0.25) is 0 Å². The molecule has 2 aliphatic rings. The van der Waals surface area contributed by atoms with Gasteiger partial charge < -0.3 is 10.1 Å². The van der Waals surface area contributed by atoms with Gasteiger partial charge in [0.25, 0.3) is 0 Å². The van der Waals surface area contributed by atoms with Crippen LogP contribution >= 0.6 is 0 Å². The van der Waals surface area contributed by atoms with Crippen LogP contribution < -0.4 is 10.1 Å². The molecule has 2 nitrogen and oxygen atoms in total. The largest absolute Gasteiger partial charge is 0.491 e. The Balaban J connectivity index is 1.69. The summed E-state index contributed by atoms with van der Waals surface area (Å²) in [7, 11) is 0. The van der Waals surface area contributed by atoms with Crippen molar-refractivity contribution in [3.63, 3.8) is 0 Å². The second-order valence-electron chi connectivity index (χ2n) is 7.07. The number of hydrogen-bond acceptors (Lipinski definition) is 2. The molecule has 2 fully saturated rings. The Kier molecular flexibility index (Phi) is 4.84. The van der Waals surface area contributed by atoms with Gasteiger partial charge in [-0.1, -0.05) is 25.0 Å². The highest BCUT2D eigenvalue weighted by Crippen LogP contribution is 2.39. The Labute approximate surface area is 129 Å². The number of ether oxygens (including phenoxy) is 1. The minimum absolute atomic E-state index is 0.249. The van der Waals surface area contributed by atoms with Crippen molar-refractivity contribution in [2.24, 2.45) is 5.92 Å². The summed E-state index contributed by atoms with van der Waals surface area (Å²) in [6.45, 7) is 5.38. The van der Waals surface area contributed by atoms with Crippen LogP contribution in [0.15, 0.2) is 24.3 Å². The first-order valence-electron chi connectivity index (χ1n) is 8.72. The highest BCUT2D eigenvalue weighted by molar-refractivity contribution is 5.31. The lowest BCUT2D eigenvalue weighted by Gasteiger charge is -2.32. The van der Waals surface area contributed by atoms with Crippen LogP contribution in [-0.4, -0.2) is 18.7 Å². The van der Waals surface area contributed by atoms with E-state index in [1.165, 1.54) is 50.6 Å². The highest BCUT2D eigenvalue weighted by atomic mass is 16.5. The molecule has 0 radical (unpaired) electrons. The molecule has 0 aliphatic heterocycles. The van der Waals surface area contributed by atoms with Crippen LogP contribution in [0.5, 0.6) is 5.75 Å². The van der Waals surface area contributed by atoms with E-state index in [-0.39, 0.29) is 6.10 Å². The summed E-state index contributed by atoms with van der Waals surface area (Å²) in [4.78, 5) is 0.